The number of benzene rings is 6. The third-order valence-electron chi connectivity index (χ3n) is 11.9. The van der Waals surface area contributed by atoms with Gasteiger partial charge in [-0.1, -0.05) is 36.4 Å². The van der Waals surface area contributed by atoms with Crippen molar-refractivity contribution in [2.45, 2.75) is 52.7 Å². The van der Waals surface area contributed by atoms with E-state index in [0.717, 1.165) is 123 Å². The summed E-state index contributed by atoms with van der Waals surface area (Å²) in [5.74, 6) is 4.04. The first-order valence-corrected chi connectivity index (χ1v) is 23.1. The Morgan fingerprint density at radius 1 is 0.452 bits per heavy atom. The standard InChI is InChI=1S/C51H54N4O6.2C2H4O2.3H2O.Zn/c1-56-46-25-37-22-41-29-50-48(58-3)27-39(41)24-42-30-51-47(57-2)26-38(42)23-40(37)28-49(46)59-43-10-4-34(5-11-43)31-52-16-19-55(20-17-53-32-35-6-12-44(60-50)13-7-35)21-18-54-33-36-8-14-45(61-51)15-9-36;2*1-2(3)4;;;;/h4-15,25-30,52-54H,16-24,31-33H2,1-3H3;2*1H3,(H,3,4);3*1H2;/q;;;;;;+2/p-2. The minimum absolute atomic E-state index is 0. The van der Waals surface area contributed by atoms with Gasteiger partial charge in [0.15, 0.2) is 34.5 Å². The zero-order valence-electron chi connectivity index (χ0n) is 42.1. The molecule has 0 saturated carbocycles. The number of nitrogens with one attached hydrogen (secondary N) is 3. The van der Waals surface area contributed by atoms with Gasteiger partial charge in [-0.3, -0.25) is 4.90 Å². The number of methoxy groups -OCH3 is 3. The molecular formula is C55H66N4O13Zn. The molecule has 25 rings (SSSR count). The molecule has 0 unspecified atom stereocenters. The van der Waals surface area contributed by atoms with Crippen LogP contribution in [0.5, 0.6) is 51.7 Å². The summed E-state index contributed by atoms with van der Waals surface area (Å²) in [6.07, 6.45) is 1.92. The molecule has 16 bridgehead atoms. The van der Waals surface area contributed by atoms with E-state index < -0.39 is 11.9 Å². The summed E-state index contributed by atoms with van der Waals surface area (Å²) in [7, 11) is 5.09. The first-order valence-electron chi connectivity index (χ1n) is 23.1. The van der Waals surface area contributed by atoms with Crippen molar-refractivity contribution >= 4 is 11.9 Å². The molecule has 6 aromatic rings. The van der Waals surface area contributed by atoms with E-state index >= 15 is 0 Å². The molecular weight excluding hydrogens is 990 g/mol. The minimum atomic E-state index is -1.08. The number of carbonyl (C=O) groups is 2. The van der Waals surface area contributed by atoms with Gasteiger partial charge >= 0.3 is 19.5 Å². The van der Waals surface area contributed by atoms with Crippen LogP contribution in [-0.4, -0.2) is 93.9 Å². The first kappa shape index (κ1) is 60.7. The molecule has 19 aliphatic rings. The Balaban J connectivity index is 0.00000109. The fourth-order valence-electron chi connectivity index (χ4n) is 8.41. The number of hydrogen-bond donors (Lipinski definition) is 3. The maximum absolute atomic E-state index is 8.89. The van der Waals surface area contributed by atoms with E-state index in [1.54, 1.807) is 21.3 Å². The van der Waals surface area contributed by atoms with Crippen molar-refractivity contribution in [3.8, 4) is 51.7 Å². The number of carboxylic acids is 2. The molecule has 1 aliphatic carbocycles. The van der Waals surface area contributed by atoms with E-state index in [1.165, 1.54) is 16.7 Å². The van der Waals surface area contributed by atoms with Gasteiger partial charge in [0.1, 0.15) is 17.2 Å². The smallest absolute Gasteiger partial charge is 0.550 e. The first-order chi connectivity index (χ1) is 33.5. The quantitative estimate of drug-likeness (QED) is 0.213. The Labute approximate surface area is 439 Å². The molecule has 18 heteroatoms. The molecule has 0 fully saturated rings. The fraction of sp³-hybridized carbons (Fsp3) is 0.309. The SMILES string of the molecule is CC(=O)[O-].CC(=O)[O-].COc1cc2c3cc1Oc1ccc(cc1)CNCCN1CCNCc4ccc(cc4)Oc4cc(c(cc4OC)C3)Cc3cc(OC)c(cc3C2)Oc2ccc(cc2)CNCC1.O.O.O.[Zn+2]. The van der Waals surface area contributed by atoms with Crippen LogP contribution >= 0.6 is 0 Å². The average molecular weight is 1060 g/mol. The van der Waals surface area contributed by atoms with E-state index in [9.17, 15) is 0 Å². The van der Waals surface area contributed by atoms with E-state index in [4.69, 9.17) is 48.2 Å². The van der Waals surface area contributed by atoms with E-state index in [-0.39, 0.29) is 35.9 Å². The topological polar surface area (TPSA) is 269 Å². The molecule has 18 aliphatic heterocycles. The zero-order valence-corrected chi connectivity index (χ0v) is 45.1. The van der Waals surface area contributed by atoms with Gasteiger partial charge < -0.3 is 80.6 Å². The Bertz CT molecular complexity index is 2400. The largest absolute Gasteiger partial charge is 2.00 e. The van der Waals surface area contributed by atoms with Crippen molar-refractivity contribution in [1.82, 2.24) is 20.9 Å². The third-order valence-corrected chi connectivity index (χ3v) is 11.9. The van der Waals surface area contributed by atoms with Crippen LogP contribution < -0.4 is 54.6 Å². The van der Waals surface area contributed by atoms with Crippen molar-refractivity contribution in [2.24, 2.45) is 0 Å². The third kappa shape index (κ3) is 17.5. The van der Waals surface area contributed by atoms with Crippen molar-refractivity contribution in [3.63, 3.8) is 0 Å². The Kier molecular flexibility index (Phi) is 24.8. The monoisotopic (exact) mass is 1050 g/mol. The van der Waals surface area contributed by atoms with Crippen LogP contribution in [0.15, 0.2) is 109 Å². The predicted octanol–water partition coefficient (Wildman–Crippen LogP) is 3.81. The van der Waals surface area contributed by atoms with Crippen LogP contribution in [0, 0.1) is 0 Å². The number of ether oxygens (including phenoxy) is 6. The summed E-state index contributed by atoms with van der Waals surface area (Å²) in [5, 5.41) is 28.8. The second-order valence-corrected chi connectivity index (χ2v) is 16.9. The number of fused-ring (bicyclic) bond motifs is 1. The van der Waals surface area contributed by atoms with Gasteiger partial charge in [0.2, 0.25) is 0 Å². The molecule has 18 heterocycles. The Hall–Kier alpha value is -6.60. The van der Waals surface area contributed by atoms with Crippen molar-refractivity contribution < 1.29 is 84.1 Å². The normalized spacial score (nSPS) is 13.9. The minimum Gasteiger partial charge on any atom is -0.550 e. The maximum atomic E-state index is 8.89. The molecule has 6 aromatic carbocycles. The number of hydrogen-bond acceptors (Lipinski definition) is 14. The van der Waals surface area contributed by atoms with Crippen LogP contribution in [0.1, 0.15) is 63.9 Å². The molecule has 0 aromatic heterocycles. The summed E-state index contributed by atoms with van der Waals surface area (Å²) in [5.41, 5.74) is 10.3. The van der Waals surface area contributed by atoms with Gasteiger partial charge in [-0.05, 0) is 156 Å². The number of rotatable bonds is 3. The number of carboxylic acid groups (broad SMARTS) is 2. The average Bonchev–Trinajstić information content (AvgIpc) is 3.38. The van der Waals surface area contributed by atoms with E-state index in [0.29, 0.717) is 53.8 Å². The summed E-state index contributed by atoms with van der Waals surface area (Å²) >= 11 is 0. The van der Waals surface area contributed by atoms with Crippen LogP contribution in [0.25, 0.3) is 0 Å². The molecule has 0 saturated heterocycles. The number of nitrogens with zero attached hydrogens (tertiary/aromatic N) is 1. The predicted molar refractivity (Wildman–Crippen MR) is 271 cm³/mol. The summed E-state index contributed by atoms with van der Waals surface area (Å²) in [6, 6.07) is 37.7. The Morgan fingerprint density at radius 3 is 0.918 bits per heavy atom. The Morgan fingerprint density at radius 2 is 0.685 bits per heavy atom. The second-order valence-electron chi connectivity index (χ2n) is 16.9. The zero-order chi connectivity index (χ0) is 48.7. The molecule has 9 N–H and O–H groups in total. The van der Waals surface area contributed by atoms with Crippen molar-refractivity contribution in [2.75, 3.05) is 60.6 Å². The summed E-state index contributed by atoms with van der Waals surface area (Å²) < 4.78 is 38.0. The number of aliphatic carboxylic acids is 2. The molecule has 17 nitrogen and oxygen atoms in total. The van der Waals surface area contributed by atoms with Gasteiger partial charge in [0.25, 0.3) is 0 Å². The summed E-state index contributed by atoms with van der Waals surface area (Å²) in [6.45, 7) is 9.66. The maximum Gasteiger partial charge on any atom is 2.00 e. The molecule has 0 amide bonds. The molecule has 386 valence electrons. The van der Waals surface area contributed by atoms with Crippen molar-refractivity contribution in [3.05, 3.63) is 159 Å². The van der Waals surface area contributed by atoms with Crippen LogP contribution in [-0.2, 0) is 68.0 Å². The van der Waals surface area contributed by atoms with Crippen molar-refractivity contribution in [1.29, 1.82) is 0 Å². The van der Waals surface area contributed by atoms with Gasteiger partial charge in [-0.25, -0.2) is 0 Å². The van der Waals surface area contributed by atoms with Gasteiger partial charge in [-0.15, -0.1) is 0 Å². The van der Waals surface area contributed by atoms with E-state index in [1.807, 2.05) is 36.4 Å². The van der Waals surface area contributed by atoms with Gasteiger partial charge in [0, 0.05) is 70.8 Å². The van der Waals surface area contributed by atoms with Gasteiger partial charge in [0.05, 0.1) is 21.3 Å². The second kappa shape index (κ2) is 29.8. The van der Waals surface area contributed by atoms with Crippen LogP contribution in [0.4, 0.5) is 0 Å². The van der Waals surface area contributed by atoms with E-state index in [2.05, 4.69) is 93.6 Å². The molecule has 0 spiro atoms. The number of carbonyl (C=O) groups excluding carboxylic acids is 2. The van der Waals surface area contributed by atoms with Crippen LogP contribution in [0.2, 0.25) is 0 Å². The molecule has 0 radical (unpaired) electrons. The van der Waals surface area contributed by atoms with Gasteiger partial charge in [-0.2, -0.15) is 0 Å². The fourth-order valence-corrected chi connectivity index (χ4v) is 8.41. The summed E-state index contributed by atoms with van der Waals surface area (Å²) in [4.78, 5) is 20.3. The molecule has 73 heavy (non-hydrogen) atoms. The van der Waals surface area contributed by atoms with Crippen LogP contribution in [0.3, 0.4) is 0 Å². The molecule has 0 atom stereocenters.